The van der Waals surface area contributed by atoms with Crippen molar-refractivity contribution in [2.75, 3.05) is 36.0 Å². The number of esters is 6. The number of fused-ring (bicyclic) bond motifs is 5. The minimum atomic E-state index is -1.79. The van der Waals surface area contributed by atoms with Crippen molar-refractivity contribution in [2.24, 2.45) is 39.9 Å². The second-order valence-electron chi connectivity index (χ2n) is 21.4. The molecule has 0 aromatic carbocycles. The van der Waals surface area contributed by atoms with Gasteiger partial charge in [-0.25, -0.2) is 4.79 Å². The van der Waals surface area contributed by atoms with Gasteiger partial charge in [0.2, 0.25) is 6.29 Å². The summed E-state index contributed by atoms with van der Waals surface area (Å²) in [5, 5.41) is 23.2. The van der Waals surface area contributed by atoms with Gasteiger partial charge in [-0.1, -0.05) is 39.3 Å². The molecular weight excluding hydrogens is 1110 g/mol. The standard InChI is InChI=1S/C52H69Cl5O19/c1-25(2)9-8-10-28(47(65)66)42-30-17-31(59)46-50(5)15-14-32(26(3)29(50)13-16-51(46,6)52(30,7)18-34(42)68-27(4)58)69-41-12-11-33(48(76-41)75-40(64)23-57)70-49-45(74-39(63)22-56)44(73-38(62)21-55)43(72-37(61)20-54)35(71-49)24-67-36(60)19-53/h9,11-12,26,29-35,41,43-46,48-49,59H,8,10,13-24H2,1-7H3,(H,65,66)/b42-28-/t26-,29?,30-,31+,32+,33-,34-,35+,41-,43+,44-,45+,46?,48-,49?,50-,51-,52-/m0/s1. The van der Waals surface area contributed by atoms with E-state index in [4.69, 9.17) is 105 Å². The quantitative estimate of drug-likeness (QED) is 0.0407. The Balaban J connectivity index is 1.26. The van der Waals surface area contributed by atoms with Crippen molar-refractivity contribution in [3.05, 3.63) is 34.9 Å². The van der Waals surface area contributed by atoms with E-state index < -0.39 is 162 Å². The van der Waals surface area contributed by atoms with Gasteiger partial charge >= 0.3 is 41.8 Å². The van der Waals surface area contributed by atoms with Crippen molar-refractivity contribution in [1.29, 1.82) is 0 Å². The number of aliphatic hydroxyl groups is 1. The van der Waals surface area contributed by atoms with Gasteiger partial charge in [0.25, 0.3) is 0 Å². The third-order valence-electron chi connectivity index (χ3n) is 16.7. The fourth-order valence-corrected chi connectivity index (χ4v) is 13.9. The maximum Gasteiger partial charge on any atom is 0.331 e. The van der Waals surface area contributed by atoms with Gasteiger partial charge in [0.1, 0.15) is 54.3 Å². The summed E-state index contributed by atoms with van der Waals surface area (Å²) in [5.74, 6) is -10.3. The molecule has 1 saturated heterocycles. The van der Waals surface area contributed by atoms with E-state index in [2.05, 4.69) is 27.7 Å². The number of carboxylic acid groups (broad SMARTS) is 1. The number of hydrogen-bond donors (Lipinski definition) is 2. The molecule has 426 valence electrons. The summed E-state index contributed by atoms with van der Waals surface area (Å²) in [5.41, 5.74) is 0.507. The molecule has 0 spiro atoms. The maximum atomic E-state index is 13.0. The number of rotatable bonds is 20. The van der Waals surface area contributed by atoms with Crippen LogP contribution in [0.3, 0.4) is 0 Å². The van der Waals surface area contributed by atoms with Crippen LogP contribution in [-0.2, 0) is 80.9 Å². The Morgan fingerprint density at radius 2 is 1.33 bits per heavy atom. The van der Waals surface area contributed by atoms with Gasteiger partial charge in [-0.05, 0) is 123 Å². The highest BCUT2D eigenvalue weighted by atomic mass is 35.5. The van der Waals surface area contributed by atoms with E-state index in [-0.39, 0.29) is 35.7 Å². The van der Waals surface area contributed by atoms with E-state index in [1.165, 1.54) is 19.1 Å². The molecule has 0 aromatic heterocycles. The molecule has 3 unspecified atom stereocenters. The molecule has 6 rings (SSSR count). The highest BCUT2D eigenvalue weighted by Gasteiger charge is 2.71. The Hall–Kier alpha value is -3.24. The lowest BCUT2D eigenvalue weighted by atomic mass is 9.36. The van der Waals surface area contributed by atoms with Crippen LogP contribution in [0.15, 0.2) is 34.9 Å². The molecule has 4 aliphatic carbocycles. The van der Waals surface area contributed by atoms with Gasteiger partial charge in [0.15, 0.2) is 30.9 Å². The first-order valence-electron chi connectivity index (χ1n) is 25.4. The van der Waals surface area contributed by atoms with Crippen LogP contribution in [0.2, 0.25) is 0 Å². The molecule has 5 fully saturated rings. The average molecular weight is 1180 g/mol. The van der Waals surface area contributed by atoms with E-state index in [1.807, 2.05) is 19.9 Å². The van der Waals surface area contributed by atoms with Gasteiger partial charge in [-0.15, -0.1) is 58.0 Å². The number of carbonyl (C=O) groups excluding carboxylic acids is 6. The maximum absolute atomic E-state index is 13.0. The molecule has 19 nitrogen and oxygen atoms in total. The van der Waals surface area contributed by atoms with Crippen molar-refractivity contribution < 1.29 is 91.1 Å². The molecule has 6 aliphatic rings. The predicted octanol–water partition coefficient (Wildman–Crippen LogP) is 7.05. The van der Waals surface area contributed by atoms with Gasteiger partial charge in [0.05, 0.1) is 12.2 Å². The van der Waals surface area contributed by atoms with E-state index in [0.717, 1.165) is 12.0 Å². The zero-order valence-corrected chi connectivity index (χ0v) is 47.3. The summed E-state index contributed by atoms with van der Waals surface area (Å²) in [6.07, 6.45) is -5.36. The number of carboxylic acids is 1. The molecular formula is C52H69Cl5O19. The lowest BCUT2D eigenvalue weighted by Crippen LogP contribution is -2.65. The number of allylic oxidation sites excluding steroid dienone is 2. The lowest BCUT2D eigenvalue weighted by molar-refractivity contribution is -0.339. The van der Waals surface area contributed by atoms with Crippen LogP contribution in [0.4, 0.5) is 0 Å². The smallest absolute Gasteiger partial charge is 0.331 e. The topological polar surface area (TPSA) is 252 Å². The SMILES string of the molecule is CC(=O)O[C@H]1C[C@@]2(C)[C@@H](C[C@@H](O)C3[C@@]4(C)CC[C@@H](O[C@@H]5C=C[C@H](OC6O[C@H](COC(=O)CCl)[C@@H](OC(=O)CCl)[C@H](OC(=O)CCl)[C@H]6OC(=O)CCl)[C@@H](OC(=O)CCl)O5)[C@@H](C)C4CC[C@@]32C)/C1=C(\CCC=C(C)C)C(=O)O. The first kappa shape index (κ1) is 62.0. The average Bonchev–Trinajstić information content (AvgIpc) is 3.64. The molecule has 0 radical (unpaired) electrons. The summed E-state index contributed by atoms with van der Waals surface area (Å²) in [7, 11) is 0. The molecule has 4 saturated carbocycles. The Bertz CT molecular complexity index is 2260. The molecule has 0 amide bonds. The number of ether oxygens (including phenoxy) is 10. The van der Waals surface area contributed by atoms with Crippen LogP contribution < -0.4 is 0 Å². The zero-order valence-electron chi connectivity index (χ0n) is 43.5. The molecule has 76 heavy (non-hydrogen) atoms. The molecule has 2 heterocycles. The van der Waals surface area contributed by atoms with Gasteiger partial charge in [0, 0.05) is 12.5 Å². The van der Waals surface area contributed by atoms with E-state index in [9.17, 15) is 43.8 Å². The molecule has 24 heteroatoms. The zero-order chi connectivity index (χ0) is 56.0. The van der Waals surface area contributed by atoms with Crippen LogP contribution in [0.25, 0.3) is 0 Å². The van der Waals surface area contributed by atoms with Gasteiger partial charge in [-0.2, -0.15) is 0 Å². The van der Waals surface area contributed by atoms with Crippen molar-refractivity contribution in [1.82, 2.24) is 0 Å². The third-order valence-corrected chi connectivity index (χ3v) is 17.8. The molecule has 0 bridgehead atoms. The van der Waals surface area contributed by atoms with E-state index >= 15 is 0 Å². The predicted molar refractivity (Wildman–Crippen MR) is 273 cm³/mol. The van der Waals surface area contributed by atoms with E-state index in [0.29, 0.717) is 44.1 Å². The van der Waals surface area contributed by atoms with E-state index in [1.54, 1.807) is 0 Å². The third kappa shape index (κ3) is 13.3. The Labute approximate surface area is 467 Å². The molecule has 0 aromatic rings. The molecule has 18 atom stereocenters. The van der Waals surface area contributed by atoms with Crippen LogP contribution in [0.1, 0.15) is 99.8 Å². The van der Waals surface area contributed by atoms with Gasteiger partial charge < -0.3 is 57.6 Å². The highest BCUT2D eigenvalue weighted by Crippen LogP contribution is 2.74. The lowest BCUT2D eigenvalue weighted by Gasteiger charge is -2.69. The number of alkyl halides is 5. The number of carbonyl (C=O) groups is 7. The van der Waals surface area contributed by atoms with Crippen LogP contribution in [0, 0.1) is 39.9 Å². The first-order valence-corrected chi connectivity index (χ1v) is 28.1. The number of hydrogen-bond acceptors (Lipinski definition) is 18. The van der Waals surface area contributed by atoms with Crippen LogP contribution >= 0.6 is 58.0 Å². The largest absolute Gasteiger partial charge is 0.478 e. The summed E-state index contributed by atoms with van der Waals surface area (Å²) in [6.45, 7) is 13.3. The molecule has 2 aliphatic heterocycles. The van der Waals surface area contributed by atoms with Crippen molar-refractivity contribution in [2.45, 2.75) is 168 Å². The van der Waals surface area contributed by atoms with Gasteiger partial charge in [-0.3, -0.25) is 28.8 Å². The Morgan fingerprint density at radius 1 is 0.724 bits per heavy atom. The number of aliphatic carboxylic acids is 1. The Kier molecular flexibility index (Phi) is 21.5. The minimum Gasteiger partial charge on any atom is -0.478 e. The monoisotopic (exact) mass is 1170 g/mol. The van der Waals surface area contributed by atoms with Crippen molar-refractivity contribution >= 4 is 99.8 Å². The molecule has 2 N–H and O–H groups in total. The fraction of sp³-hybridized carbons (Fsp3) is 0.750. The van der Waals surface area contributed by atoms with Crippen LogP contribution in [-0.4, -0.2) is 156 Å². The summed E-state index contributed by atoms with van der Waals surface area (Å²) < 4.78 is 58.8. The van der Waals surface area contributed by atoms with Crippen LogP contribution in [0.5, 0.6) is 0 Å². The summed E-state index contributed by atoms with van der Waals surface area (Å²) in [4.78, 5) is 88.9. The van der Waals surface area contributed by atoms with Crippen molar-refractivity contribution in [3.63, 3.8) is 0 Å². The number of aliphatic hydroxyl groups excluding tert-OH is 1. The Morgan fingerprint density at radius 3 is 1.92 bits per heavy atom. The summed E-state index contributed by atoms with van der Waals surface area (Å²) >= 11 is 28.9. The normalized spacial score (nSPS) is 38.2. The first-order chi connectivity index (χ1) is 35.9. The van der Waals surface area contributed by atoms with Crippen molar-refractivity contribution in [3.8, 4) is 0 Å². The number of halogens is 5. The second-order valence-corrected chi connectivity index (χ2v) is 22.7. The highest BCUT2D eigenvalue weighted by molar-refractivity contribution is 6.27. The summed E-state index contributed by atoms with van der Waals surface area (Å²) in [6, 6.07) is 0. The minimum absolute atomic E-state index is 0.0492. The second kappa shape index (κ2) is 26.4. The fourth-order valence-electron chi connectivity index (χ4n) is 13.6.